The lowest BCUT2D eigenvalue weighted by Crippen LogP contribution is -2.44. The van der Waals surface area contributed by atoms with Gasteiger partial charge in [0, 0.05) is 31.2 Å². The maximum absolute atomic E-state index is 12.8. The Hall–Kier alpha value is -1.44. The summed E-state index contributed by atoms with van der Waals surface area (Å²) in [5.74, 6) is -0.0811. The van der Waals surface area contributed by atoms with Gasteiger partial charge in [-0.25, -0.2) is 13.1 Å². The fourth-order valence-corrected chi connectivity index (χ4v) is 5.06. The smallest absolute Gasteiger partial charge is 0.253 e. The Balaban J connectivity index is 1.72. The van der Waals surface area contributed by atoms with Crippen molar-refractivity contribution in [3.63, 3.8) is 0 Å². The number of hydrogen-bond donors (Lipinski definition) is 2. The third-order valence-corrected chi connectivity index (χ3v) is 6.88. The van der Waals surface area contributed by atoms with Gasteiger partial charge in [0.15, 0.2) is 0 Å². The van der Waals surface area contributed by atoms with E-state index in [2.05, 4.69) is 10.0 Å². The average Bonchev–Trinajstić information content (AvgIpc) is 3.02. The van der Waals surface area contributed by atoms with E-state index in [1.165, 1.54) is 18.6 Å². The van der Waals surface area contributed by atoms with Crippen molar-refractivity contribution in [2.24, 2.45) is 5.41 Å². The summed E-state index contributed by atoms with van der Waals surface area (Å²) >= 11 is 0. The van der Waals surface area contributed by atoms with Crippen LogP contribution < -0.4 is 10.0 Å². The predicted molar refractivity (Wildman–Crippen MR) is 97.0 cm³/mol. The van der Waals surface area contributed by atoms with Gasteiger partial charge in [0.25, 0.3) is 5.91 Å². The Morgan fingerprint density at radius 3 is 2.56 bits per heavy atom. The number of nitrogens with zero attached hydrogens (tertiary/aromatic N) is 1. The Morgan fingerprint density at radius 1 is 1.24 bits per heavy atom. The average molecular weight is 365 g/mol. The van der Waals surface area contributed by atoms with Gasteiger partial charge < -0.3 is 10.2 Å². The number of nitrogens with one attached hydrogen (secondary N) is 2. The maximum Gasteiger partial charge on any atom is 0.253 e. The summed E-state index contributed by atoms with van der Waals surface area (Å²) in [6.07, 6.45) is 3.21. The minimum Gasteiger partial charge on any atom is -0.339 e. The van der Waals surface area contributed by atoms with Crippen molar-refractivity contribution in [2.45, 2.75) is 44.0 Å². The van der Waals surface area contributed by atoms with Gasteiger partial charge >= 0.3 is 0 Å². The number of hydrogen-bond acceptors (Lipinski definition) is 4. The lowest BCUT2D eigenvalue weighted by Gasteiger charge is -2.39. The molecular weight excluding hydrogens is 338 g/mol. The highest BCUT2D eigenvalue weighted by Crippen LogP contribution is 2.37. The van der Waals surface area contributed by atoms with Crippen LogP contribution in [0.3, 0.4) is 0 Å². The number of carbonyl (C=O) groups excluding carboxylic acids is 1. The van der Waals surface area contributed by atoms with E-state index in [1.807, 2.05) is 4.90 Å². The quantitative estimate of drug-likeness (QED) is 0.849. The van der Waals surface area contributed by atoms with Gasteiger partial charge in [-0.2, -0.15) is 0 Å². The predicted octanol–water partition coefficient (Wildman–Crippen LogP) is 1.59. The molecule has 0 aliphatic carbocycles. The zero-order chi connectivity index (χ0) is 18.1. The normalized spacial score (nSPS) is 20.4. The topological polar surface area (TPSA) is 78.5 Å². The summed E-state index contributed by atoms with van der Waals surface area (Å²) in [6.45, 7) is 7.13. The molecule has 138 valence electrons. The van der Waals surface area contributed by atoms with Gasteiger partial charge in [0.05, 0.1) is 4.90 Å². The standard InChI is InChI=1S/C18H27N3O3S/c1-14(2)20-25(23,24)16-5-3-4-15(12-16)17(22)21-10-7-18(8-11-21)6-9-19-13-18/h3-5,12,14,19-20H,6-11,13H2,1-2H3. The van der Waals surface area contributed by atoms with Crippen LogP contribution in [0.15, 0.2) is 29.2 Å². The van der Waals surface area contributed by atoms with Gasteiger partial charge in [-0.05, 0) is 63.3 Å². The highest BCUT2D eigenvalue weighted by molar-refractivity contribution is 7.89. The molecule has 7 heteroatoms. The number of likely N-dealkylation sites (tertiary alicyclic amines) is 1. The second-order valence-corrected chi connectivity index (χ2v) is 9.24. The summed E-state index contributed by atoms with van der Waals surface area (Å²) in [4.78, 5) is 14.8. The van der Waals surface area contributed by atoms with Crippen LogP contribution in [0.4, 0.5) is 0 Å². The van der Waals surface area contributed by atoms with Gasteiger partial charge in [0.1, 0.15) is 0 Å². The molecule has 0 saturated carbocycles. The molecule has 1 aromatic rings. The first kappa shape index (κ1) is 18.4. The molecule has 1 aromatic carbocycles. The van der Waals surface area contributed by atoms with Crippen LogP contribution in [-0.4, -0.2) is 51.4 Å². The Kier molecular flexibility index (Phi) is 5.18. The van der Waals surface area contributed by atoms with Crippen molar-refractivity contribution >= 4 is 15.9 Å². The highest BCUT2D eigenvalue weighted by atomic mass is 32.2. The van der Waals surface area contributed by atoms with Gasteiger partial charge in [-0.15, -0.1) is 0 Å². The number of benzene rings is 1. The summed E-state index contributed by atoms with van der Waals surface area (Å²) in [6, 6.07) is 6.14. The molecule has 2 aliphatic heterocycles. The number of piperidine rings is 1. The van der Waals surface area contributed by atoms with E-state index in [1.54, 1.807) is 26.0 Å². The van der Waals surface area contributed by atoms with Gasteiger partial charge in [0.2, 0.25) is 10.0 Å². The molecule has 2 aliphatic rings. The maximum atomic E-state index is 12.8. The van der Waals surface area contributed by atoms with Crippen LogP contribution in [-0.2, 0) is 10.0 Å². The first-order valence-electron chi connectivity index (χ1n) is 8.94. The Morgan fingerprint density at radius 2 is 1.96 bits per heavy atom. The van der Waals surface area contributed by atoms with E-state index in [9.17, 15) is 13.2 Å². The zero-order valence-corrected chi connectivity index (χ0v) is 15.7. The van der Waals surface area contributed by atoms with Crippen molar-refractivity contribution in [3.05, 3.63) is 29.8 Å². The first-order valence-corrected chi connectivity index (χ1v) is 10.4. The molecule has 1 spiro atoms. The largest absolute Gasteiger partial charge is 0.339 e. The van der Waals surface area contributed by atoms with E-state index in [-0.39, 0.29) is 16.8 Å². The molecule has 2 saturated heterocycles. The fourth-order valence-electron chi connectivity index (χ4n) is 3.76. The summed E-state index contributed by atoms with van der Waals surface area (Å²) < 4.78 is 27.2. The third-order valence-electron chi connectivity index (χ3n) is 5.23. The summed E-state index contributed by atoms with van der Waals surface area (Å²) in [7, 11) is -3.59. The molecule has 0 unspecified atom stereocenters. The molecule has 0 aromatic heterocycles. The van der Waals surface area contributed by atoms with Crippen molar-refractivity contribution in [1.29, 1.82) is 0 Å². The molecule has 2 N–H and O–H groups in total. The van der Waals surface area contributed by atoms with Crippen LogP contribution >= 0.6 is 0 Å². The second kappa shape index (κ2) is 7.05. The number of carbonyl (C=O) groups is 1. The minimum atomic E-state index is -3.59. The van der Waals surface area contributed by atoms with Gasteiger partial charge in [-0.3, -0.25) is 4.79 Å². The molecule has 0 bridgehead atoms. The Bertz CT molecular complexity index is 730. The second-order valence-electron chi connectivity index (χ2n) is 7.52. The lowest BCUT2D eigenvalue weighted by atomic mass is 9.78. The number of sulfonamides is 1. The van der Waals surface area contributed by atoms with Crippen LogP contribution in [0.5, 0.6) is 0 Å². The van der Waals surface area contributed by atoms with E-state index in [0.717, 1.165) is 39.0 Å². The molecule has 1 amide bonds. The summed E-state index contributed by atoms with van der Waals surface area (Å²) in [5, 5.41) is 3.42. The first-order chi connectivity index (χ1) is 11.8. The van der Waals surface area contributed by atoms with Crippen LogP contribution in [0, 0.1) is 5.41 Å². The zero-order valence-electron chi connectivity index (χ0n) is 14.9. The molecule has 0 atom stereocenters. The van der Waals surface area contributed by atoms with E-state index in [4.69, 9.17) is 0 Å². The molecule has 0 radical (unpaired) electrons. The van der Waals surface area contributed by atoms with Crippen LogP contribution in [0.1, 0.15) is 43.5 Å². The molecular formula is C18H27N3O3S. The van der Waals surface area contributed by atoms with E-state index >= 15 is 0 Å². The third kappa shape index (κ3) is 4.04. The van der Waals surface area contributed by atoms with Crippen LogP contribution in [0.2, 0.25) is 0 Å². The molecule has 2 fully saturated rings. The molecule has 2 heterocycles. The summed E-state index contributed by atoms with van der Waals surface area (Å²) in [5.41, 5.74) is 0.788. The lowest BCUT2D eigenvalue weighted by molar-refractivity contribution is 0.0607. The monoisotopic (exact) mass is 365 g/mol. The Labute approximate surface area is 150 Å². The van der Waals surface area contributed by atoms with Crippen LogP contribution in [0.25, 0.3) is 0 Å². The van der Waals surface area contributed by atoms with E-state index in [0.29, 0.717) is 11.0 Å². The molecule has 25 heavy (non-hydrogen) atoms. The molecule has 3 rings (SSSR count). The van der Waals surface area contributed by atoms with Crippen molar-refractivity contribution in [2.75, 3.05) is 26.2 Å². The van der Waals surface area contributed by atoms with Crippen molar-refractivity contribution in [1.82, 2.24) is 14.9 Å². The van der Waals surface area contributed by atoms with Gasteiger partial charge in [-0.1, -0.05) is 6.07 Å². The van der Waals surface area contributed by atoms with Crippen molar-refractivity contribution < 1.29 is 13.2 Å². The molecule has 6 nitrogen and oxygen atoms in total. The minimum absolute atomic E-state index is 0.0811. The SMILES string of the molecule is CC(C)NS(=O)(=O)c1cccc(C(=O)N2CCC3(CCNC3)CC2)c1. The number of rotatable bonds is 4. The number of amides is 1. The van der Waals surface area contributed by atoms with Crippen molar-refractivity contribution in [3.8, 4) is 0 Å². The highest BCUT2D eigenvalue weighted by Gasteiger charge is 2.38. The van der Waals surface area contributed by atoms with E-state index < -0.39 is 10.0 Å². The fraction of sp³-hybridized carbons (Fsp3) is 0.611.